The Morgan fingerprint density at radius 3 is 2.79 bits per heavy atom. The van der Waals surface area contributed by atoms with Crippen LogP contribution in [0.1, 0.15) is 5.56 Å². The third kappa shape index (κ3) is 2.04. The van der Waals surface area contributed by atoms with E-state index in [0.29, 0.717) is 5.69 Å². The Bertz CT molecular complexity index is 780. The molecule has 0 saturated heterocycles. The van der Waals surface area contributed by atoms with Gasteiger partial charge < -0.3 is 10.1 Å². The lowest BCUT2D eigenvalue weighted by Gasteiger charge is -1.98. The number of hydrogen-bond donors (Lipinski definition) is 1. The van der Waals surface area contributed by atoms with E-state index in [1.165, 1.54) is 6.07 Å². The lowest BCUT2D eigenvalue weighted by atomic mass is 10.2. The first-order valence-corrected chi connectivity index (χ1v) is 6.12. The Labute approximate surface area is 114 Å². The molecule has 0 spiro atoms. The molecule has 3 rings (SSSR count). The van der Waals surface area contributed by atoms with Crippen molar-refractivity contribution in [3.8, 4) is 11.3 Å². The number of imidazole rings is 1. The predicted molar refractivity (Wildman–Crippen MR) is 74.7 cm³/mol. The van der Waals surface area contributed by atoms with Gasteiger partial charge in [0.2, 0.25) is 0 Å². The second kappa shape index (κ2) is 4.24. The molecular formula is C14H11ClFN3. The molecule has 3 nitrogen and oxygen atoms in total. The fraction of sp³-hybridized carbons (Fsp3) is 0.0714. The third-order valence-electron chi connectivity index (χ3n) is 2.97. The van der Waals surface area contributed by atoms with Gasteiger partial charge in [-0.25, -0.2) is 9.37 Å². The number of nitrogen functional groups attached to an aromatic ring is 1. The number of fused-ring (bicyclic) bond motifs is 1. The Morgan fingerprint density at radius 1 is 1.26 bits per heavy atom. The van der Waals surface area contributed by atoms with Crippen LogP contribution >= 0.6 is 11.6 Å². The number of nitrogens with two attached hydrogens (primary N) is 1. The van der Waals surface area contributed by atoms with Crippen LogP contribution in [0.4, 0.5) is 10.1 Å². The summed E-state index contributed by atoms with van der Waals surface area (Å²) < 4.78 is 15.0. The average Bonchev–Trinajstić information content (AvgIpc) is 2.76. The summed E-state index contributed by atoms with van der Waals surface area (Å²) in [6.45, 7) is 1.94. The van der Waals surface area contributed by atoms with Gasteiger partial charge in [-0.3, -0.25) is 0 Å². The molecule has 0 aliphatic heterocycles. The molecule has 2 aromatic heterocycles. The molecule has 0 aliphatic carbocycles. The summed E-state index contributed by atoms with van der Waals surface area (Å²) >= 11 is 5.79. The number of aromatic nitrogens is 2. The normalized spacial score (nSPS) is 11.1. The van der Waals surface area contributed by atoms with Gasteiger partial charge in [0.15, 0.2) is 0 Å². The van der Waals surface area contributed by atoms with Gasteiger partial charge in [0.05, 0.1) is 10.7 Å². The number of anilines is 1. The first kappa shape index (κ1) is 12.0. The summed E-state index contributed by atoms with van der Waals surface area (Å²) in [4.78, 5) is 4.52. The van der Waals surface area contributed by atoms with E-state index in [4.69, 9.17) is 17.3 Å². The SMILES string of the molecule is Cc1cc(N)cn2cc(-c3ccc(F)c(Cl)c3)nc12. The van der Waals surface area contributed by atoms with Crippen molar-refractivity contribution in [3.63, 3.8) is 0 Å². The van der Waals surface area contributed by atoms with E-state index in [1.807, 2.05) is 23.6 Å². The van der Waals surface area contributed by atoms with Crippen molar-refractivity contribution >= 4 is 22.9 Å². The van der Waals surface area contributed by atoms with Gasteiger partial charge in [-0.1, -0.05) is 11.6 Å². The number of nitrogens with zero attached hydrogens (tertiary/aromatic N) is 2. The van der Waals surface area contributed by atoms with E-state index in [-0.39, 0.29) is 5.02 Å². The summed E-state index contributed by atoms with van der Waals surface area (Å²) in [5.41, 5.74) is 9.78. The molecule has 3 aromatic rings. The minimum atomic E-state index is -0.436. The molecule has 0 amide bonds. The van der Waals surface area contributed by atoms with Crippen molar-refractivity contribution < 1.29 is 4.39 Å². The fourth-order valence-corrected chi connectivity index (χ4v) is 2.27. The molecule has 0 saturated carbocycles. The van der Waals surface area contributed by atoms with Gasteiger partial charge in [0.1, 0.15) is 11.5 Å². The van der Waals surface area contributed by atoms with E-state index >= 15 is 0 Å². The third-order valence-corrected chi connectivity index (χ3v) is 3.26. The molecule has 0 bridgehead atoms. The Kier molecular flexibility index (Phi) is 2.68. The maximum Gasteiger partial charge on any atom is 0.141 e. The largest absolute Gasteiger partial charge is 0.398 e. The topological polar surface area (TPSA) is 43.3 Å². The molecule has 96 valence electrons. The highest BCUT2D eigenvalue weighted by molar-refractivity contribution is 6.31. The molecule has 0 atom stereocenters. The van der Waals surface area contributed by atoms with Gasteiger partial charge >= 0.3 is 0 Å². The van der Waals surface area contributed by atoms with Gasteiger partial charge in [0, 0.05) is 23.6 Å². The first-order chi connectivity index (χ1) is 9.04. The van der Waals surface area contributed by atoms with Gasteiger partial charge in [-0.2, -0.15) is 0 Å². The zero-order chi connectivity index (χ0) is 13.6. The van der Waals surface area contributed by atoms with Crippen LogP contribution in [0, 0.1) is 12.7 Å². The van der Waals surface area contributed by atoms with Crippen LogP contribution < -0.4 is 5.73 Å². The minimum absolute atomic E-state index is 0.0887. The predicted octanol–water partition coefficient (Wildman–Crippen LogP) is 3.68. The summed E-state index contributed by atoms with van der Waals surface area (Å²) in [7, 11) is 0. The molecule has 2 heterocycles. The highest BCUT2D eigenvalue weighted by Gasteiger charge is 2.09. The minimum Gasteiger partial charge on any atom is -0.398 e. The van der Waals surface area contributed by atoms with E-state index in [2.05, 4.69) is 4.98 Å². The number of rotatable bonds is 1. The molecule has 0 unspecified atom stereocenters. The number of hydrogen-bond acceptors (Lipinski definition) is 2. The van der Waals surface area contributed by atoms with E-state index in [0.717, 1.165) is 22.5 Å². The maximum atomic E-state index is 13.2. The van der Waals surface area contributed by atoms with Gasteiger partial charge in [-0.15, -0.1) is 0 Å². The van der Waals surface area contributed by atoms with E-state index in [9.17, 15) is 4.39 Å². The van der Waals surface area contributed by atoms with Crippen LogP contribution in [0.25, 0.3) is 16.9 Å². The molecule has 5 heteroatoms. The van der Waals surface area contributed by atoms with Gasteiger partial charge in [0.25, 0.3) is 0 Å². The standard InChI is InChI=1S/C14H11ClFN3/c1-8-4-10(17)6-19-7-13(18-14(8)19)9-2-3-12(16)11(15)5-9/h2-7H,17H2,1H3. The molecule has 19 heavy (non-hydrogen) atoms. The zero-order valence-corrected chi connectivity index (χ0v) is 10.9. The monoisotopic (exact) mass is 275 g/mol. The number of halogens is 2. The van der Waals surface area contributed by atoms with Crippen LogP contribution in [0.15, 0.2) is 36.7 Å². The smallest absolute Gasteiger partial charge is 0.141 e. The maximum absolute atomic E-state index is 13.2. The lowest BCUT2D eigenvalue weighted by Crippen LogP contribution is -1.92. The highest BCUT2D eigenvalue weighted by Crippen LogP contribution is 2.25. The number of benzene rings is 1. The van der Waals surface area contributed by atoms with Crippen LogP contribution in [0.2, 0.25) is 5.02 Å². The molecule has 0 radical (unpaired) electrons. The summed E-state index contributed by atoms with van der Waals surface area (Å²) in [6, 6.07) is 6.42. The molecule has 2 N–H and O–H groups in total. The second-order valence-corrected chi connectivity index (χ2v) is 4.85. The quantitative estimate of drug-likeness (QED) is 0.736. The molecule has 1 aromatic carbocycles. The second-order valence-electron chi connectivity index (χ2n) is 4.44. The van der Waals surface area contributed by atoms with Crippen LogP contribution in [0.5, 0.6) is 0 Å². The van der Waals surface area contributed by atoms with Gasteiger partial charge in [-0.05, 0) is 36.8 Å². The van der Waals surface area contributed by atoms with Crippen molar-refractivity contribution in [1.82, 2.24) is 9.38 Å². The average molecular weight is 276 g/mol. The summed E-state index contributed by atoms with van der Waals surface area (Å²) in [6.07, 6.45) is 3.65. The van der Waals surface area contributed by atoms with Crippen molar-refractivity contribution in [2.45, 2.75) is 6.92 Å². The molecule has 0 fully saturated rings. The van der Waals surface area contributed by atoms with Crippen LogP contribution in [0.3, 0.4) is 0 Å². The number of aryl methyl sites for hydroxylation is 1. The van der Waals surface area contributed by atoms with Crippen LogP contribution in [-0.2, 0) is 0 Å². The number of pyridine rings is 1. The molecule has 0 aliphatic rings. The van der Waals surface area contributed by atoms with Crippen LogP contribution in [-0.4, -0.2) is 9.38 Å². The Hall–Kier alpha value is -2.07. The van der Waals surface area contributed by atoms with Crippen molar-refractivity contribution in [2.24, 2.45) is 0 Å². The van der Waals surface area contributed by atoms with Crippen molar-refractivity contribution in [3.05, 3.63) is 53.1 Å². The fourth-order valence-electron chi connectivity index (χ4n) is 2.09. The highest BCUT2D eigenvalue weighted by atomic mass is 35.5. The molecular weight excluding hydrogens is 265 g/mol. The van der Waals surface area contributed by atoms with E-state index < -0.39 is 5.82 Å². The first-order valence-electron chi connectivity index (χ1n) is 5.75. The lowest BCUT2D eigenvalue weighted by molar-refractivity contribution is 0.628. The summed E-state index contributed by atoms with van der Waals surface area (Å²) in [5, 5.41) is 0.0887. The van der Waals surface area contributed by atoms with Crippen molar-refractivity contribution in [1.29, 1.82) is 0 Å². The Balaban J connectivity index is 2.20. The van der Waals surface area contributed by atoms with Crippen molar-refractivity contribution in [2.75, 3.05) is 5.73 Å². The van der Waals surface area contributed by atoms with E-state index in [1.54, 1.807) is 18.3 Å². The summed E-state index contributed by atoms with van der Waals surface area (Å²) in [5.74, 6) is -0.436. The zero-order valence-electron chi connectivity index (χ0n) is 10.2. The Morgan fingerprint density at radius 2 is 2.05 bits per heavy atom.